The zero-order valence-electron chi connectivity index (χ0n) is 12.9. The van der Waals surface area contributed by atoms with Gasteiger partial charge in [0.05, 0.1) is 28.1 Å². The molecule has 0 amide bonds. The van der Waals surface area contributed by atoms with Crippen molar-refractivity contribution in [2.24, 2.45) is 0 Å². The normalized spacial score (nSPS) is 16.4. The summed E-state index contributed by atoms with van der Waals surface area (Å²) in [5, 5.41) is 0. The number of allylic oxidation sites excluding steroid dienone is 2. The van der Waals surface area contributed by atoms with Gasteiger partial charge in [-0.3, -0.25) is 4.79 Å². The van der Waals surface area contributed by atoms with Gasteiger partial charge in [0.2, 0.25) is 5.78 Å². The third-order valence-electron chi connectivity index (χ3n) is 3.33. The average molecular weight is 344 g/mol. The van der Waals surface area contributed by atoms with Gasteiger partial charge in [-0.15, -0.1) is 11.8 Å². The highest BCUT2D eigenvalue weighted by Crippen LogP contribution is 2.49. The summed E-state index contributed by atoms with van der Waals surface area (Å²) in [4.78, 5) is 13.5. The Hall–Kier alpha value is -1.85. The largest absolute Gasteiger partial charge is 0.497 e. The summed E-state index contributed by atoms with van der Waals surface area (Å²) >= 11 is 3.21. The molecule has 1 aliphatic heterocycles. The quantitative estimate of drug-likeness (QED) is 0.708. The fourth-order valence-corrected chi connectivity index (χ4v) is 4.61. The molecule has 5 heteroatoms. The lowest BCUT2D eigenvalue weighted by Gasteiger charge is -2.05. The van der Waals surface area contributed by atoms with Crippen molar-refractivity contribution < 1.29 is 13.9 Å². The molecule has 3 rings (SSSR count). The van der Waals surface area contributed by atoms with Crippen LogP contribution in [0.25, 0.3) is 11.6 Å². The van der Waals surface area contributed by atoms with Crippen molar-refractivity contribution in [1.82, 2.24) is 0 Å². The lowest BCUT2D eigenvalue weighted by molar-refractivity contribution is -0.109. The van der Waals surface area contributed by atoms with E-state index in [-0.39, 0.29) is 5.78 Å². The van der Waals surface area contributed by atoms with Crippen molar-refractivity contribution in [3.63, 3.8) is 0 Å². The van der Waals surface area contributed by atoms with Crippen LogP contribution in [0.3, 0.4) is 0 Å². The molecule has 23 heavy (non-hydrogen) atoms. The highest BCUT2D eigenvalue weighted by atomic mass is 32.2. The third kappa shape index (κ3) is 3.41. The molecule has 118 valence electrons. The fraction of sp³-hybridized carbons (Fsp3) is 0.167. The summed E-state index contributed by atoms with van der Waals surface area (Å²) in [7, 11) is 1.63. The van der Waals surface area contributed by atoms with Crippen LogP contribution in [-0.4, -0.2) is 18.6 Å². The number of hydrogen-bond donors (Lipinski definition) is 0. The lowest BCUT2D eigenvalue weighted by atomic mass is 10.0. The van der Waals surface area contributed by atoms with Crippen molar-refractivity contribution in [1.29, 1.82) is 0 Å². The number of methoxy groups -OCH3 is 1. The van der Waals surface area contributed by atoms with Gasteiger partial charge in [-0.2, -0.15) is 0 Å². The first-order chi connectivity index (χ1) is 11.2. The van der Waals surface area contributed by atoms with Crippen LogP contribution in [0.5, 0.6) is 5.75 Å². The summed E-state index contributed by atoms with van der Waals surface area (Å²) in [5.74, 6) is 2.44. The molecule has 3 nitrogen and oxygen atoms in total. The number of benzene rings is 1. The highest BCUT2D eigenvalue weighted by molar-refractivity contribution is 8.25. The number of rotatable bonds is 5. The molecule has 0 fully saturated rings. The Labute approximate surface area is 143 Å². The number of thioether (sulfide) groups is 2. The molecule has 2 aromatic rings. The van der Waals surface area contributed by atoms with E-state index in [0.29, 0.717) is 10.7 Å². The molecular formula is C18H16O3S2. The minimum Gasteiger partial charge on any atom is -0.497 e. The first-order valence-corrected chi connectivity index (χ1v) is 9.02. The Morgan fingerprint density at radius 2 is 2.04 bits per heavy atom. The zero-order valence-corrected chi connectivity index (χ0v) is 14.5. The van der Waals surface area contributed by atoms with Gasteiger partial charge in [0, 0.05) is 0 Å². The van der Waals surface area contributed by atoms with Gasteiger partial charge >= 0.3 is 0 Å². The second-order valence-corrected chi connectivity index (χ2v) is 7.36. The Kier molecular flexibility index (Phi) is 4.98. The number of Topliss-reactive ketones (excluding diaryl/α,β-unsaturated/α-hetero) is 1. The van der Waals surface area contributed by atoms with E-state index < -0.39 is 0 Å². The Morgan fingerprint density at radius 3 is 2.65 bits per heavy atom. The molecule has 0 atom stereocenters. The summed E-state index contributed by atoms with van der Waals surface area (Å²) in [5.41, 5.74) is 1.68. The summed E-state index contributed by atoms with van der Waals surface area (Å²) in [6, 6.07) is 11.3. The van der Waals surface area contributed by atoms with Crippen LogP contribution in [0.15, 0.2) is 56.2 Å². The first-order valence-electron chi connectivity index (χ1n) is 7.22. The first kappa shape index (κ1) is 16.0. The molecule has 1 aromatic carbocycles. The van der Waals surface area contributed by atoms with Crippen LogP contribution in [0, 0.1) is 0 Å². The van der Waals surface area contributed by atoms with E-state index in [1.165, 1.54) is 11.8 Å². The second-order valence-electron chi connectivity index (χ2n) is 4.78. The number of carbonyl (C=O) groups is 1. The Bertz CT molecular complexity index is 756. The number of ketones is 1. The van der Waals surface area contributed by atoms with Crippen molar-refractivity contribution in [2.75, 3.05) is 12.9 Å². The van der Waals surface area contributed by atoms with Crippen LogP contribution in [0.1, 0.15) is 18.2 Å². The average Bonchev–Trinajstić information content (AvgIpc) is 3.18. The second kappa shape index (κ2) is 7.15. The van der Waals surface area contributed by atoms with E-state index in [4.69, 9.17) is 9.15 Å². The Balaban J connectivity index is 1.97. The maximum atomic E-state index is 12.8. The molecule has 0 spiro atoms. The minimum absolute atomic E-state index is 0.0486. The van der Waals surface area contributed by atoms with Crippen molar-refractivity contribution >= 4 is 41.0 Å². The van der Waals surface area contributed by atoms with Crippen LogP contribution >= 0.6 is 23.5 Å². The van der Waals surface area contributed by atoms with Gasteiger partial charge in [0.25, 0.3) is 0 Å². The molecule has 0 aliphatic carbocycles. The molecule has 0 bridgehead atoms. The third-order valence-corrected chi connectivity index (χ3v) is 5.60. The number of ether oxygens (including phenoxy) is 1. The maximum absolute atomic E-state index is 12.8. The van der Waals surface area contributed by atoms with Gasteiger partial charge in [-0.25, -0.2) is 0 Å². The van der Waals surface area contributed by atoms with Crippen molar-refractivity contribution in [3.8, 4) is 5.75 Å². The zero-order chi connectivity index (χ0) is 16.2. The van der Waals surface area contributed by atoms with Gasteiger partial charge in [0.15, 0.2) is 0 Å². The minimum atomic E-state index is 0.0486. The van der Waals surface area contributed by atoms with Crippen molar-refractivity contribution in [3.05, 3.63) is 63.1 Å². The maximum Gasteiger partial charge on any atom is 0.202 e. The predicted octanol–water partition coefficient (Wildman–Crippen LogP) is 5.07. The van der Waals surface area contributed by atoms with Gasteiger partial charge in [0.1, 0.15) is 11.5 Å². The summed E-state index contributed by atoms with van der Waals surface area (Å²) < 4.78 is 11.6. The number of carbonyl (C=O) groups excluding carboxylic acids is 1. The molecule has 1 aliphatic rings. The van der Waals surface area contributed by atoms with Crippen LogP contribution in [0.4, 0.5) is 0 Å². The molecule has 0 N–H and O–H groups in total. The van der Waals surface area contributed by atoms with E-state index >= 15 is 0 Å². The smallest absolute Gasteiger partial charge is 0.202 e. The monoisotopic (exact) mass is 344 g/mol. The van der Waals surface area contributed by atoms with E-state index in [2.05, 4.69) is 6.92 Å². The summed E-state index contributed by atoms with van der Waals surface area (Å²) in [6.45, 7) is 2.09. The van der Waals surface area contributed by atoms with E-state index in [0.717, 1.165) is 26.9 Å². The standard InChI is InChI=1S/C18H16O3S2/c1-3-22-18-16(12-6-8-13(20-2)9-7-12)17(19)15(23-18)11-14-5-4-10-21-14/h4-11H,3H2,1-2H3/b15-11-. The molecule has 0 saturated heterocycles. The van der Waals surface area contributed by atoms with Crippen LogP contribution in [-0.2, 0) is 4.79 Å². The summed E-state index contributed by atoms with van der Waals surface area (Å²) in [6.07, 6.45) is 3.41. The van der Waals surface area contributed by atoms with Gasteiger partial charge < -0.3 is 9.15 Å². The molecule has 0 radical (unpaired) electrons. The lowest BCUT2D eigenvalue weighted by Crippen LogP contribution is -1.98. The SMILES string of the molecule is CCSC1=C(c2ccc(OC)cc2)C(=O)/C(=C/c2ccco2)S1. The molecule has 2 heterocycles. The highest BCUT2D eigenvalue weighted by Gasteiger charge is 2.30. The molecule has 0 unspecified atom stereocenters. The van der Waals surface area contributed by atoms with Crippen LogP contribution in [0.2, 0.25) is 0 Å². The van der Waals surface area contributed by atoms with Crippen molar-refractivity contribution in [2.45, 2.75) is 6.92 Å². The van der Waals surface area contributed by atoms with E-state index in [1.807, 2.05) is 36.4 Å². The Morgan fingerprint density at radius 1 is 1.26 bits per heavy atom. The topological polar surface area (TPSA) is 39.4 Å². The van der Waals surface area contributed by atoms with E-state index in [1.54, 1.807) is 31.2 Å². The predicted molar refractivity (Wildman–Crippen MR) is 97.3 cm³/mol. The fourth-order valence-electron chi connectivity index (χ4n) is 2.25. The number of furan rings is 1. The molecule has 0 saturated carbocycles. The van der Waals surface area contributed by atoms with Crippen LogP contribution < -0.4 is 4.74 Å². The molecule has 1 aromatic heterocycles. The molecular weight excluding hydrogens is 328 g/mol. The van der Waals surface area contributed by atoms with E-state index in [9.17, 15) is 4.79 Å². The van der Waals surface area contributed by atoms with Gasteiger partial charge in [-0.1, -0.05) is 30.8 Å². The number of hydrogen-bond acceptors (Lipinski definition) is 5. The van der Waals surface area contributed by atoms with Gasteiger partial charge in [-0.05, 0) is 41.7 Å².